The Labute approximate surface area is 135 Å². The third-order valence-electron chi connectivity index (χ3n) is 3.20. The number of nitrogens with zero attached hydrogens (tertiary/aromatic N) is 3. The first-order valence-corrected chi connectivity index (χ1v) is 7.37. The molecule has 1 N–H and O–H groups in total. The lowest BCUT2D eigenvalue weighted by atomic mass is 10.2. The number of rotatable bonds is 5. The molecule has 22 heavy (non-hydrogen) atoms. The maximum Gasteiger partial charge on any atom is 0.312 e. The number of carbonyl (C=O) groups excluding carboxylic acids is 1. The van der Waals surface area contributed by atoms with Gasteiger partial charge in [-0.3, -0.25) is 19.6 Å². The average Bonchev–Trinajstić information content (AvgIpc) is 2.71. The Morgan fingerprint density at radius 3 is 2.77 bits per heavy atom. The van der Waals surface area contributed by atoms with Crippen LogP contribution >= 0.6 is 15.9 Å². The minimum atomic E-state index is -0.479. The molecule has 8 heteroatoms. The van der Waals surface area contributed by atoms with Gasteiger partial charge in [0, 0.05) is 11.0 Å². The van der Waals surface area contributed by atoms with Gasteiger partial charge in [0.05, 0.1) is 4.92 Å². The van der Waals surface area contributed by atoms with E-state index in [1.54, 1.807) is 13.8 Å². The zero-order chi connectivity index (χ0) is 16.3. The number of carbonyl (C=O) groups is 1. The van der Waals surface area contributed by atoms with Crippen molar-refractivity contribution < 1.29 is 9.72 Å². The Morgan fingerprint density at radius 1 is 1.45 bits per heavy atom. The fourth-order valence-electron chi connectivity index (χ4n) is 2.15. The summed E-state index contributed by atoms with van der Waals surface area (Å²) in [6, 6.07) is 7.60. The number of aryl methyl sites for hydroxylation is 1. The highest BCUT2D eigenvalue weighted by Gasteiger charge is 2.22. The van der Waals surface area contributed by atoms with E-state index in [0.717, 1.165) is 10.0 Å². The van der Waals surface area contributed by atoms with Crippen LogP contribution < -0.4 is 5.32 Å². The molecule has 0 aliphatic rings. The predicted molar refractivity (Wildman–Crippen MR) is 84.3 cm³/mol. The van der Waals surface area contributed by atoms with E-state index in [0.29, 0.717) is 17.9 Å². The smallest absolute Gasteiger partial charge is 0.312 e. The first kappa shape index (κ1) is 16.2. The quantitative estimate of drug-likeness (QED) is 0.649. The van der Waals surface area contributed by atoms with Crippen molar-refractivity contribution in [2.45, 2.75) is 26.9 Å². The molecule has 0 saturated carbocycles. The SMILES string of the molecule is Cc1nn(CC(=O)NCc2cccc(Br)c2)c(C)c1[N+](=O)[O-]. The summed E-state index contributed by atoms with van der Waals surface area (Å²) in [6.45, 7) is 3.48. The van der Waals surface area contributed by atoms with Crippen LogP contribution in [-0.2, 0) is 17.9 Å². The van der Waals surface area contributed by atoms with Gasteiger partial charge in [-0.1, -0.05) is 28.1 Å². The molecule has 0 aliphatic carbocycles. The van der Waals surface area contributed by atoms with E-state index in [4.69, 9.17) is 0 Å². The van der Waals surface area contributed by atoms with Crippen LogP contribution in [0.1, 0.15) is 17.0 Å². The van der Waals surface area contributed by atoms with Crippen molar-refractivity contribution in [3.05, 3.63) is 55.8 Å². The van der Waals surface area contributed by atoms with Gasteiger partial charge in [-0.15, -0.1) is 0 Å². The Hall–Kier alpha value is -2.22. The highest BCUT2D eigenvalue weighted by molar-refractivity contribution is 9.10. The molecule has 1 aromatic heterocycles. The van der Waals surface area contributed by atoms with E-state index in [2.05, 4.69) is 26.3 Å². The first-order chi connectivity index (χ1) is 10.4. The lowest BCUT2D eigenvalue weighted by Crippen LogP contribution is -2.28. The molecule has 1 amide bonds. The predicted octanol–water partition coefficient (Wildman–Crippen LogP) is 2.49. The first-order valence-electron chi connectivity index (χ1n) is 6.58. The molecule has 0 atom stereocenters. The molecule has 0 bridgehead atoms. The van der Waals surface area contributed by atoms with E-state index in [1.165, 1.54) is 4.68 Å². The van der Waals surface area contributed by atoms with Crippen LogP contribution in [0, 0.1) is 24.0 Å². The second-order valence-corrected chi connectivity index (χ2v) is 5.76. The zero-order valence-corrected chi connectivity index (χ0v) is 13.8. The Bertz CT molecular complexity index is 727. The number of nitrogens with one attached hydrogen (secondary N) is 1. The van der Waals surface area contributed by atoms with Gasteiger partial charge < -0.3 is 5.32 Å². The second-order valence-electron chi connectivity index (χ2n) is 4.84. The number of hydrogen-bond donors (Lipinski definition) is 1. The van der Waals surface area contributed by atoms with Gasteiger partial charge >= 0.3 is 5.69 Å². The molecule has 1 heterocycles. The van der Waals surface area contributed by atoms with Gasteiger partial charge in [0.25, 0.3) is 0 Å². The van der Waals surface area contributed by atoms with Crippen molar-refractivity contribution in [1.82, 2.24) is 15.1 Å². The van der Waals surface area contributed by atoms with Crippen LogP contribution in [0.25, 0.3) is 0 Å². The topological polar surface area (TPSA) is 90.1 Å². The summed E-state index contributed by atoms with van der Waals surface area (Å²) < 4.78 is 2.29. The molecular formula is C14H15BrN4O3. The molecule has 0 fully saturated rings. The fourth-order valence-corrected chi connectivity index (χ4v) is 2.59. The summed E-state index contributed by atoms with van der Waals surface area (Å²) in [5, 5.41) is 17.7. The molecular weight excluding hydrogens is 352 g/mol. The fraction of sp³-hybridized carbons (Fsp3) is 0.286. The Balaban J connectivity index is 2.01. The number of amides is 1. The largest absolute Gasteiger partial charge is 0.350 e. The highest BCUT2D eigenvalue weighted by atomic mass is 79.9. The zero-order valence-electron chi connectivity index (χ0n) is 12.2. The molecule has 2 aromatic rings. The maximum atomic E-state index is 12.0. The molecule has 0 saturated heterocycles. The molecule has 0 spiro atoms. The van der Waals surface area contributed by atoms with Crippen molar-refractivity contribution in [3.63, 3.8) is 0 Å². The second kappa shape index (κ2) is 6.69. The number of nitro groups is 1. The lowest BCUT2D eigenvalue weighted by molar-refractivity contribution is -0.386. The van der Waals surface area contributed by atoms with Crippen molar-refractivity contribution >= 4 is 27.5 Å². The average molecular weight is 367 g/mol. The van der Waals surface area contributed by atoms with Crippen molar-refractivity contribution in [2.24, 2.45) is 0 Å². The summed E-state index contributed by atoms with van der Waals surface area (Å²) in [6.07, 6.45) is 0. The van der Waals surface area contributed by atoms with Crippen molar-refractivity contribution in [1.29, 1.82) is 0 Å². The van der Waals surface area contributed by atoms with Gasteiger partial charge in [0.1, 0.15) is 17.9 Å². The lowest BCUT2D eigenvalue weighted by Gasteiger charge is -2.07. The molecule has 0 aliphatic heterocycles. The number of hydrogen-bond acceptors (Lipinski definition) is 4. The van der Waals surface area contributed by atoms with E-state index < -0.39 is 4.92 Å². The summed E-state index contributed by atoms with van der Waals surface area (Å²) >= 11 is 3.37. The third kappa shape index (κ3) is 3.70. The van der Waals surface area contributed by atoms with Crippen LogP contribution in [-0.4, -0.2) is 20.6 Å². The van der Waals surface area contributed by atoms with Gasteiger partial charge in [0.2, 0.25) is 5.91 Å². The summed E-state index contributed by atoms with van der Waals surface area (Å²) in [5.74, 6) is -0.250. The molecule has 0 radical (unpaired) electrons. The molecule has 7 nitrogen and oxygen atoms in total. The van der Waals surface area contributed by atoms with Gasteiger partial charge in [-0.25, -0.2) is 0 Å². The number of benzene rings is 1. The van der Waals surface area contributed by atoms with Crippen LogP contribution in [0.3, 0.4) is 0 Å². The third-order valence-corrected chi connectivity index (χ3v) is 3.69. The van der Waals surface area contributed by atoms with Crippen LogP contribution in [0.2, 0.25) is 0 Å². The van der Waals surface area contributed by atoms with E-state index in [1.807, 2.05) is 24.3 Å². The minimum Gasteiger partial charge on any atom is -0.350 e. The van der Waals surface area contributed by atoms with Crippen LogP contribution in [0.5, 0.6) is 0 Å². The summed E-state index contributed by atoms with van der Waals surface area (Å²) in [4.78, 5) is 22.4. The van der Waals surface area contributed by atoms with Gasteiger partial charge in [0.15, 0.2) is 0 Å². The van der Waals surface area contributed by atoms with Crippen molar-refractivity contribution in [3.8, 4) is 0 Å². The number of halogens is 1. The van der Waals surface area contributed by atoms with E-state index in [9.17, 15) is 14.9 Å². The van der Waals surface area contributed by atoms with Gasteiger partial charge in [-0.05, 0) is 31.5 Å². The highest BCUT2D eigenvalue weighted by Crippen LogP contribution is 2.21. The minimum absolute atomic E-state index is 0.0419. The van der Waals surface area contributed by atoms with Crippen LogP contribution in [0.15, 0.2) is 28.7 Å². The standard InChI is InChI=1S/C14H15BrN4O3/c1-9-14(19(21)22)10(2)18(17-9)8-13(20)16-7-11-4-3-5-12(15)6-11/h3-6H,7-8H2,1-2H3,(H,16,20). The van der Waals surface area contributed by atoms with Crippen molar-refractivity contribution in [2.75, 3.05) is 0 Å². The monoisotopic (exact) mass is 366 g/mol. The number of aromatic nitrogens is 2. The molecule has 0 unspecified atom stereocenters. The molecule has 2 rings (SSSR count). The normalized spacial score (nSPS) is 10.5. The van der Waals surface area contributed by atoms with Crippen LogP contribution in [0.4, 0.5) is 5.69 Å². The van der Waals surface area contributed by atoms with E-state index >= 15 is 0 Å². The van der Waals surface area contributed by atoms with E-state index in [-0.39, 0.29) is 18.1 Å². The Morgan fingerprint density at radius 2 is 2.18 bits per heavy atom. The molecule has 116 valence electrons. The molecule has 1 aromatic carbocycles. The summed E-state index contributed by atoms with van der Waals surface area (Å²) in [7, 11) is 0. The Kier molecular flexibility index (Phi) is 4.92. The summed E-state index contributed by atoms with van der Waals surface area (Å²) in [5.41, 5.74) is 1.60. The maximum absolute atomic E-state index is 12.0. The van der Waals surface area contributed by atoms with Gasteiger partial charge in [-0.2, -0.15) is 5.10 Å².